The van der Waals surface area contributed by atoms with Crippen molar-refractivity contribution in [2.75, 3.05) is 40.6 Å². The third-order valence-corrected chi connectivity index (χ3v) is 10.6. The molecule has 0 aliphatic carbocycles. The molecule has 0 aromatic heterocycles. The molecule has 2 saturated heterocycles. The van der Waals surface area contributed by atoms with Crippen LogP contribution >= 0.6 is 8.53 Å². The smallest absolute Gasteiger partial charge is 0.259 e. The summed E-state index contributed by atoms with van der Waals surface area (Å²) in [7, 11) is 1.80. The van der Waals surface area contributed by atoms with E-state index >= 15 is 0 Å². The van der Waals surface area contributed by atoms with E-state index < -0.39 is 25.8 Å². The molecule has 0 spiro atoms. The van der Waals surface area contributed by atoms with Crippen LogP contribution < -0.4 is 9.47 Å². The number of rotatable bonds is 16. The van der Waals surface area contributed by atoms with Crippen molar-refractivity contribution in [1.29, 1.82) is 5.26 Å². The normalized spacial score (nSPS) is 21.6. The van der Waals surface area contributed by atoms with Gasteiger partial charge in [-0.3, -0.25) is 0 Å². The van der Waals surface area contributed by atoms with E-state index in [0.29, 0.717) is 13.2 Å². The van der Waals surface area contributed by atoms with Crippen LogP contribution in [0.1, 0.15) is 50.8 Å². The second-order valence-corrected chi connectivity index (χ2v) is 13.5. The number of nitrogens with zero attached hydrogens (tertiary/aromatic N) is 2. The maximum absolute atomic E-state index is 9.19. The van der Waals surface area contributed by atoms with Crippen LogP contribution in [0.3, 0.4) is 0 Å². The van der Waals surface area contributed by atoms with E-state index in [1.807, 2.05) is 66.7 Å². The number of benzene rings is 3. The first-order chi connectivity index (χ1) is 22.3. The number of hydrogen-bond acceptors (Lipinski definition) is 9. The van der Waals surface area contributed by atoms with E-state index in [9.17, 15) is 5.26 Å². The molecule has 2 aliphatic heterocycles. The van der Waals surface area contributed by atoms with Crippen LogP contribution in [-0.2, 0) is 28.9 Å². The second-order valence-electron chi connectivity index (χ2n) is 12.1. The zero-order valence-electron chi connectivity index (χ0n) is 27.5. The molecule has 10 heteroatoms. The lowest BCUT2D eigenvalue weighted by Gasteiger charge is -2.41. The number of ether oxygens (including phenoxy) is 5. The number of fused-ring (bicyclic) bond motifs is 2. The highest BCUT2D eigenvalue weighted by Crippen LogP contribution is 2.53. The van der Waals surface area contributed by atoms with Crippen LogP contribution in [0.2, 0.25) is 0 Å². The molecule has 9 nitrogen and oxygen atoms in total. The third-order valence-electron chi connectivity index (χ3n) is 8.51. The molecule has 4 atom stereocenters. The van der Waals surface area contributed by atoms with Gasteiger partial charge in [-0.05, 0) is 68.7 Å². The van der Waals surface area contributed by atoms with E-state index in [2.05, 4.69) is 50.6 Å². The van der Waals surface area contributed by atoms with Gasteiger partial charge < -0.3 is 32.7 Å². The maximum atomic E-state index is 9.19. The molecule has 0 N–H and O–H groups in total. The summed E-state index contributed by atoms with van der Waals surface area (Å²) in [6, 6.07) is 28.6. The molecule has 5 rings (SSSR count). The van der Waals surface area contributed by atoms with Crippen molar-refractivity contribution in [3.8, 4) is 17.6 Å². The third kappa shape index (κ3) is 6.95. The van der Waals surface area contributed by atoms with Gasteiger partial charge in [0.05, 0.1) is 53.1 Å². The quantitative estimate of drug-likeness (QED) is 0.0941. The largest absolute Gasteiger partial charge is 0.497 e. The van der Waals surface area contributed by atoms with E-state index in [0.717, 1.165) is 28.2 Å². The molecular weight excluding hydrogens is 603 g/mol. The molecule has 1 unspecified atom stereocenters. The van der Waals surface area contributed by atoms with Gasteiger partial charge in [0.15, 0.2) is 0 Å². The Balaban J connectivity index is 1.54. The van der Waals surface area contributed by atoms with Crippen molar-refractivity contribution in [2.45, 2.75) is 69.6 Å². The highest BCUT2D eigenvalue weighted by Gasteiger charge is 2.60. The van der Waals surface area contributed by atoms with Gasteiger partial charge >= 0.3 is 0 Å². The SMILES string of the molecule is COc1ccc(C(OC[C@@]23CO[C@@H](CO2)[C@@H]3OP(OCCC#N)N(C(C)C)C(C)C)(c2ccccc2)c2ccc(OC)cc2)cc1. The highest BCUT2D eigenvalue weighted by molar-refractivity contribution is 7.44. The fraction of sp³-hybridized carbons (Fsp3) is 0.472. The van der Waals surface area contributed by atoms with Crippen LogP contribution in [0.25, 0.3) is 0 Å². The Kier molecular flexibility index (Phi) is 11.3. The molecule has 0 saturated carbocycles. The molecule has 0 amide bonds. The molecule has 0 radical (unpaired) electrons. The summed E-state index contributed by atoms with van der Waals surface area (Å²) in [6.07, 6.45) is -0.409. The molecule has 2 bridgehead atoms. The van der Waals surface area contributed by atoms with Gasteiger partial charge in [0.2, 0.25) is 0 Å². The van der Waals surface area contributed by atoms with E-state index in [-0.39, 0.29) is 37.8 Å². The van der Waals surface area contributed by atoms with Crippen LogP contribution in [0.15, 0.2) is 78.9 Å². The molecule has 2 fully saturated rings. The Morgan fingerprint density at radius 3 is 1.93 bits per heavy atom. The monoisotopic (exact) mass is 648 g/mol. The van der Waals surface area contributed by atoms with E-state index in [4.69, 9.17) is 32.7 Å². The van der Waals surface area contributed by atoms with Gasteiger partial charge in [0.25, 0.3) is 8.53 Å². The first-order valence-corrected chi connectivity index (χ1v) is 16.9. The Bertz CT molecular complexity index is 1370. The van der Waals surface area contributed by atoms with Gasteiger partial charge in [0.1, 0.15) is 34.9 Å². The minimum Gasteiger partial charge on any atom is -0.497 e. The molecule has 246 valence electrons. The first kappa shape index (κ1) is 34.3. The summed E-state index contributed by atoms with van der Waals surface area (Å²) in [5, 5.41) is 9.19. The summed E-state index contributed by atoms with van der Waals surface area (Å²) < 4.78 is 46.4. The fourth-order valence-corrected chi connectivity index (χ4v) is 8.12. The van der Waals surface area contributed by atoms with Gasteiger partial charge in [-0.15, -0.1) is 0 Å². The van der Waals surface area contributed by atoms with Crippen molar-refractivity contribution >= 4 is 8.53 Å². The maximum Gasteiger partial charge on any atom is 0.259 e. The van der Waals surface area contributed by atoms with Gasteiger partial charge in [-0.1, -0.05) is 54.6 Å². The lowest BCUT2D eigenvalue weighted by molar-refractivity contribution is -0.153. The lowest BCUT2D eigenvalue weighted by Crippen LogP contribution is -2.49. The summed E-state index contributed by atoms with van der Waals surface area (Å²) in [4.78, 5) is 0. The topological polar surface area (TPSA) is 91.6 Å². The Morgan fingerprint density at radius 2 is 1.46 bits per heavy atom. The van der Waals surface area contributed by atoms with Crippen molar-refractivity contribution in [3.05, 3.63) is 95.6 Å². The van der Waals surface area contributed by atoms with Crippen molar-refractivity contribution in [2.24, 2.45) is 0 Å². The van der Waals surface area contributed by atoms with Crippen LogP contribution in [0.5, 0.6) is 11.5 Å². The molecular formula is C36H45N2O7P. The molecule has 3 aromatic carbocycles. The molecule has 2 heterocycles. The zero-order chi connectivity index (χ0) is 32.7. The average Bonchev–Trinajstić information content (AvgIpc) is 3.59. The Labute approximate surface area is 274 Å². The van der Waals surface area contributed by atoms with Gasteiger partial charge in [-0.2, -0.15) is 5.26 Å². The van der Waals surface area contributed by atoms with Crippen LogP contribution in [0.4, 0.5) is 0 Å². The number of hydrogen-bond donors (Lipinski definition) is 0. The Morgan fingerprint density at radius 1 is 0.891 bits per heavy atom. The second kappa shape index (κ2) is 15.2. The zero-order valence-corrected chi connectivity index (χ0v) is 28.4. The highest BCUT2D eigenvalue weighted by atomic mass is 31.2. The van der Waals surface area contributed by atoms with Gasteiger partial charge in [0, 0.05) is 12.1 Å². The summed E-state index contributed by atoms with van der Waals surface area (Å²) in [6.45, 7) is 9.68. The number of methoxy groups -OCH3 is 2. The minimum absolute atomic E-state index is 0.164. The molecule has 2 aliphatic rings. The predicted molar refractivity (Wildman–Crippen MR) is 177 cm³/mol. The average molecular weight is 649 g/mol. The summed E-state index contributed by atoms with van der Waals surface area (Å²) >= 11 is 0. The standard InChI is InChI=1S/C36H45N2O7P/c1-26(2)38(27(3)4)46(44-22-10-21-37)45-34-33-23-42-35(34,24-41-33)25-43-36(28-11-8-7-9-12-28,29-13-17-31(39-5)18-14-29)30-15-19-32(40-6)20-16-30/h7-9,11-20,26-27,33-34H,10,22-25H2,1-6H3/t33-,34-,35+,46?/m0/s1. The van der Waals surface area contributed by atoms with Crippen molar-refractivity contribution < 1.29 is 32.7 Å². The molecule has 46 heavy (non-hydrogen) atoms. The lowest BCUT2D eigenvalue weighted by atomic mass is 9.79. The van der Waals surface area contributed by atoms with Gasteiger partial charge in [-0.25, -0.2) is 4.67 Å². The summed E-state index contributed by atoms with van der Waals surface area (Å²) in [5.41, 5.74) is 0.932. The minimum atomic E-state index is -1.51. The van der Waals surface area contributed by atoms with E-state index in [1.165, 1.54) is 0 Å². The molecule has 3 aromatic rings. The van der Waals surface area contributed by atoms with Crippen LogP contribution in [-0.4, -0.2) is 75.2 Å². The first-order valence-electron chi connectivity index (χ1n) is 15.8. The fourth-order valence-electron chi connectivity index (χ4n) is 6.29. The Hall–Kier alpha value is -3.06. The van der Waals surface area contributed by atoms with Crippen LogP contribution in [0, 0.1) is 11.3 Å². The van der Waals surface area contributed by atoms with E-state index in [1.54, 1.807) is 14.2 Å². The van der Waals surface area contributed by atoms with Crippen molar-refractivity contribution in [3.63, 3.8) is 0 Å². The number of nitriles is 1. The summed E-state index contributed by atoms with van der Waals surface area (Å²) in [5.74, 6) is 1.51. The van der Waals surface area contributed by atoms with Crippen molar-refractivity contribution in [1.82, 2.24) is 4.67 Å². The predicted octanol–water partition coefficient (Wildman–Crippen LogP) is 6.84.